The highest BCUT2D eigenvalue weighted by atomic mass is 32.1. The maximum absolute atomic E-state index is 11.8. The van der Waals surface area contributed by atoms with Crippen LogP contribution in [0.25, 0.3) is 0 Å². The highest BCUT2D eigenvalue weighted by molar-refractivity contribution is 7.09. The molecule has 0 aromatic carbocycles. The van der Waals surface area contributed by atoms with E-state index in [4.69, 9.17) is 0 Å². The van der Waals surface area contributed by atoms with Gasteiger partial charge in [-0.3, -0.25) is 9.79 Å². The fourth-order valence-electron chi connectivity index (χ4n) is 1.75. The van der Waals surface area contributed by atoms with Gasteiger partial charge >= 0.3 is 0 Å². The first-order valence-electron chi connectivity index (χ1n) is 7.71. The minimum absolute atomic E-state index is 0.0634. The lowest BCUT2D eigenvalue weighted by Gasteiger charge is -2.21. The lowest BCUT2D eigenvalue weighted by atomic mass is 9.98. The van der Waals surface area contributed by atoms with Gasteiger partial charge in [-0.2, -0.15) is 0 Å². The van der Waals surface area contributed by atoms with Crippen LogP contribution in [0.5, 0.6) is 0 Å². The van der Waals surface area contributed by atoms with E-state index in [2.05, 4.69) is 46.7 Å². The average Bonchev–Trinajstić information content (AvgIpc) is 2.85. The largest absolute Gasteiger partial charge is 0.351 e. The minimum atomic E-state index is -0.236. The quantitative estimate of drug-likeness (QED) is 0.579. The summed E-state index contributed by atoms with van der Waals surface area (Å²) in [6.45, 7) is 13.1. The molecule has 0 saturated heterocycles. The van der Waals surface area contributed by atoms with Gasteiger partial charge in [0.25, 0.3) is 0 Å². The lowest BCUT2D eigenvalue weighted by Crippen LogP contribution is -2.48. The van der Waals surface area contributed by atoms with Crippen molar-refractivity contribution in [1.82, 2.24) is 20.9 Å². The van der Waals surface area contributed by atoms with E-state index >= 15 is 0 Å². The van der Waals surface area contributed by atoms with Gasteiger partial charge in [-0.25, -0.2) is 4.98 Å². The zero-order chi connectivity index (χ0) is 17.7. The summed E-state index contributed by atoms with van der Waals surface area (Å²) in [4.78, 5) is 20.5. The third kappa shape index (κ3) is 7.45. The van der Waals surface area contributed by atoms with E-state index in [0.29, 0.717) is 12.5 Å². The Morgan fingerprint density at radius 1 is 1.22 bits per heavy atom. The van der Waals surface area contributed by atoms with Crippen molar-refractivity contribution in [2.24, 2.45) is 4.99 Å². The van der Waals surface area contributed by atoms with Gasteiger partial charge < -0.3 is 16.0 Å². The highest BCUT2D eigenvalue weighted by Crippen LogP contribution is 2.25. The molecule has 6 nitrogen and oxygen atoms in total. The topological polar surface area (TPSA) is 78.4 Å². The van der Waals surface area contributed by atoms with Crippen molar-refractivity contribution in [1.29, 1.82) is 0 Å². The van der Waals surface area contributed by atoms with Crippen molar-refractivity contribution >= 4 is 23.2 Å². The van der Waals surface area contributed by atoms with E-state index in [1.54, 1.807) is 18.4 Å². The summed E-state index contributed by atoms with van der Waals surface area (Å²) in [6, 6.07) is 0. The molecule has 0 aliphatic rings. The number of thiazole rings is 1. The number of aromatic nitrogens is 1. The predicted molar refractivity (Wildman–Crippen MR) is 96.9 cm³/mol. The number of nitrogens with zero attached hydrogens (tertiary/aromatic N) is 2. The van der Waals surface area contributed by atoms with Crippen molar-refractivity contribution in [3.63, 3.8) is 0 Å². The molecule has 1 aromatic rings. The predicted octanol–water partition coefficient (Wildman–Crippen LogP) is 2.02. The summed E-state index contributed by atoms with van der Waals surface area (Å²) in [5.74, 6) is 0.517. The Hall–Kier alpha value is -1.63. The normalized spacial score (nSPS) is 12.9. The van der Waals surface area contributed by atoms with Crippen LogP contribution in [0.1, 0.15) is 52.2 Å². The molecule has 0 aliphatic heterocycles. The van der Waals surface area contributed by atoms with Crippen molar-refractivity contribution < 1.29 is 4.79 Å². The Balaban J connectivity index is 2.46. The molecular formula is C16H29N5OS. The second-order valence-corrected chi connectivity index (χ2v) is 8.33. The van der Waals surface area contributed by atoms with Crippen LogP contribution in [0, 0.1) is 0 Å². The molecule has 0 spiro atoms. The third-order valence-electron chi connectivity index (χ3n) is 2.78. The number of guanidine groups is 1. The SMILES string of the molecule is CN=C(NCC(=O)NC(C)(C)C)NCc1csc(C(C)(C)C)n1. The standard InChI is InChI=1S/C16H29N5OS/c1-15(2,3)13-20-11(10-23-13)8-18-14(17-7)19-9-12(22)21-16(4,5)6/h10H,8-9H2,1-7H3,(H,21,22)(H2,17,18,19). The smallest absolute Gasteiger partial charge is 0.239 e. The van der Waals surface area contributed by atoms with Gasteiger partial charge in [0, 0.05) is 23.4 Å². The first-order chi connectivity index (χ1) is 10.5. The summed E-state index contributed by atoms with van der Waals surface area (Å²) in [5, 5.41) is 12.2. The molecule has 3 N–H and O–H groups in total. The summed E-state index contributed by atoms with van der Waals surface area (Å²) >= 11 is 1.66. The second kappa shape index (κ2) is 7.77. The molecule has 0 radical (unpaired) electrons. The fourth-order valence-corrected chi connectivity index (χ4v) is 2.66. The maximum atomic E-state index is 11.8. The van der Waals surface area contributed by atoms with E-state index in [9.17, 15) is 4.79 Å². The van der Waals surface area contributed by atoms with E-state index in [-0.39, 0.29) is 23.4 Å². The molecule has 0 aliphatic carbocycles. The van der Waals surface area contributed by atoms with Crippen LogP contribution in [0.4, 0.5) is 0 Å². The number of nitrogens with one attached hydrogen (secondary N) is 3. The van der Waals surface area contributed by atoms with Gasteiger partial charge in [-0.1, -0.05) is 20.8 Å². The molecule has 1 aromatic heterocycles. The zero-order valence-electron chi connectivity index (χ0n) is 15.2. The molecule has 0 atom stereocenters. The molecule has 0 unspecified atom stereocenters. The van der Waals surface area contributed by atoms with E-state index in [1.165, 1.54) is 0 Å². The monoisotopic (exact) mass is 339 g/mol. The van der Waals surface area contributed by atoms with Crippen LogP contribution >= 0.6 is 11.3 Å². The Morgan fingerprint density at radius 3 is 2.35 bits per heavy atom. The van der Waals surface area contributed by atoms with E-state index < -0.39 is 0 Å². The Kier molecular flexibility index (Phi) is 6.56. The molecular weight excluding hydrogens is 310 g/mol. The van der Waals surface area contributed by atoms with Gasteiger partial charge in [0.2, 0.25) is 5.91 Å². The molecule has 0 bridgehead atoms. The van der Waals surface area contributed by atoms with Gasteiger partial charge in [0.1, 0.15) is 0 Å². The van der Waals surface area contributed by atoms with Crippen molar-refractivity contribution in [3.05, 3.63) is 16.1 Å². The van der Waals surface area contributed by atoms with Crippen LogP contribution < -0.4 is 16.0 Å². The Bertz CT molecular complexity index is 552. The van der Waals surface area contributed by atoms with Crippen LogP contribution in [0.15, 0.2) is 10.4 Å². The van der Waals surface area contributed by atoms with Gasteiger partial charge in [-0.05, 0) is 20.8 Å². The number of carbonyl (C=O) groups excluding carboxylic acids is 1. The van der Waals surface area contributed by atoms with Crippen molar-refractivity contribution in [3.8, 4) is 0 Å². The zero-order valence-corrected chi connectivity index (χ0v) is 16.0. The summed E-state index contributed by atoms with van der Waals surface area (Å²) in [7, 11) is 1.68. The maximum Gasteiger partial charge on any atom is 0.239 e. The molecule has 0 saturated carbocycles. The van der Waals surface area contributed by atoms with Crippen molar-refractivity contribution in [2.75, 3.05) is 13.6 Å². The lowest BCUT2D eigenvalue weighted by molar-refractivity contribution is -0.121. The number of aliphatic imine (C=N–C) groups is 1. The van der Waals surface area contributed by atoms with Crippen LogP contribution in [0.2, 0.25) is 0 Å². The van der Waals surface area contributed by atoms with E-state index in [1.807, 2.05) is 26.2 Å². The third-order valence-corrected chi connectivity index (χ3v) is 4.10. The minimum Gasteiger partial charge on any atom is -0.351 e. The summed E-state index contributed by atoms with van der Waals surface area (Å²) in [5.41, 5.74) is 0.801. The molecule has 1 heterocycles. The first kappa shape index (κ1) is 19.4. The number of hydrogen-bond acceptors (Lipinski definition) is 4. The average molecular weight is 340 g/mol. The number of hydrogen-bond donors (Lipinski definition) is 3. The Labute approximate surface area is 143 Å². The number of rotatable bonds is 4. The Morgan fingerprint density at radius 2 is 1.87 bits per heavy atom. The van der Waals surface area contributed by atoms with Crippen molar-refractivity contribution in [2.45, 2.75) is 59.0 Å². The molecule has 23 heavy (non-hydrogen) atoms. The van der Waals surface area contributed by atoms with Crippen LogP contribution in [-0.2, 0) is 16.8 Å². The van der Waals surface area contributed by atoms with Gasteiger partial charge in [0.15, 0.2) is 5.96 Å². The molecule has 1 amide bonds. The number of carbonyl (C=O) groups is 1. The summed E-state index contributed by atoms with van der Waals surface area (Å²) in [6.07, 6.45) is 0. The van der Waals surface area contributed by atoms with Gasteiger partial charge in [-0.15, -0.1) is 11.3 Å². The summed E-state index contributed by atoms with van der Waals surface area (Å²) < 4.78 is 0. The van der Waals surface area contributed by atoms with E-state index in [0.717, 1.165) is 10.7 Å². The van der Waals surface area contributed by atoms with Crippen LogP contribution in [0.3, 0.4) is 0 Å². The van der Waals surface area contributed by atoms with Gasteiger partial charge in [0.05, 0.1) is 23.8 Å². The highest BCUT2D eigenvalue weighted by Gasteiger charge is 2.18. The molecule has 130 valence electrons. The molecule has 1 rings (SSSR count). The first-order valence-corrected chi connectivity index (χ1v) is 8.59. The van der Waals surface area contributed by atoms with Crippen LogP contribution in [-0.4, -0.2) is 36.0 Å². The fraction of sp³-hybridized carbons (Fsp3) is 0.688. The second-order valence-electron chi connectivity index (χ2n) is 7.47. The number of amides is 1. The molecule has 0 fully saturated rings. The molecule has 7 heteroatoms.